The van der Waals surface area contributed by atoms with Gasteiger partial charge in [-0.3, -0.25) is 4.79 Å². The lowest BCUT2D eigenvalue weighted by molar-refractivity contribution is 0.101. The number of aromatic nitrogens is 1. The zero-order chi connectivity index (χ0) is 16.8. The maximum Gasteiger partial charge on any atom is 0.280 e. The van der Waals surface area contributed by atoms with E-state index < -0.39 is 5.91 Å². The predicted octanol–water partition coefficient (Wildman–Crippen LogP) is 2.83. The number of aliphatic imine (C=N–C) groups is 1. The molecular formula is C18H10BClN2O2. The summed E-state index contributed by atoms with van der Waals surface area (Å²) in [7, 11) is 5.70. The molecule has 24 heavy (non-hydrogen) atoms. The Morgan fingerprint density at radius 1 is 0.958 bits per heavy atom. The number of benzene rings is 2. The van der Waals surface area contributed by atoms with Crippen molar-refractivity contribution in [1.29, 1.82) is 0 Å². The van der Waals surface area contributed by atoms with Gasteiger partial charge in [0.15, 0.2) is 5.88 Å². The van der Waals surface area contributed by atoms with Crippen LogP contribution in [0, 0.1) is 0 Å². The number of H-pyrrole nitrogens is 1. The second-order valence-corrected chi connectivity index (χ2v) is 5.93. The molecule has 0 saturated heterocycles. The number of hydrogen-bond acceptors (Lipinski definition) is 2. The molecule has 4 rings (SSSR count). The van der Waals surface area contributed by atoms with E-state index in [1.807, 2.05) is 0 Å². The summed E-state index contributed by atoms with van der Waals surface area (Å²) >= 11 is 5.91. The minimum atomic E-state index is -0.390. The maximum absolute atomic E-state index is 12.4. The summed E-state index contributed by atoms with van der Waals surface area (Å²) in [6.07, 6.45) is 0. The van der Waals surface area contributed by atoms with Crippen LogP contribution in [0.3, 0.4) is 0 Å². The number of nitrogens with one attached hydrogen (secondary N) is 1. The molecule has 0 bridgehead atoms. The first-order valence-corrected chi connectivity index (χ1v) is 7.62. The van der Waals surface area contributed by atoms with Crippen LogP contribution in [0.1, 0.15) is 21.5 Å². The molecule has 0 atom stereocenters. The quantitative estimate of drug-likeness (QED) is 0.709. The molecule has 114 valence electrons. The van der Waals surface area contributed by atoms with Gasteiger partial charge < -0.3 is 10.1 Å². The maximum atomic E-state index is 12.4. The second-order valence-electron chi connectivity index (χ2n) is 5.49. The molecular weight excluding hydrogens is 322 g/mol. The van der Waals surface area contributed by atoms with Crippen molar-refractivity contribution in [2.24, 2.45) is 4.99 Å². The number of carbonyl (C=O) groups excluding carboxylic acids is 1. The van der Waals surface area contributed by atoms with Gasteiger partial charge in [-0.05, 0) is 17.7 Å². The number of hydrogen-bond donors (Lipinski definition) is 2. The number of fused-ring (bicyclic) bond motifs is 1. The third kappa shape index (κ3) is 2.25. The van der Waals surface area contributed by atoms with Crippen LogP contribution < -0.4 is 5.46 Å². The highest BCUT2D eigenvalue weighted by Gasteiger charge is 2.33. The summed E-state index contributed by atoms with van der Waals surface area (Å²) in [5.74, 6) is -0.477. The van der Waals surface area contributed by atoms with E-state index in [0.717, 1.165) is 5.56 Å². The van der Waals surface area contributed by atoms with Crippen LogP contribution in [0.15, 0.2) is 53.5 Å². The van der Waals surface area contributed by atoms with Gasteiger partial charge in [0.25, 0.3) is 5.91 Å². The van der Waals surface area contributed by atoms with Crippen molar-refractivity contribution in [1.82, 2.24) is 4.98 Å². The monoisotopic (exact) mass is 332 g/mol. The van der Waals surface area contributed by atoms with Crippen LogP contribution in [0.4, 0.5) is 0 Å². The molecule has 1 aliphatic heterocycles. The molecule has 1 aromatic heterocycles. The molecule has 4 nitrogen and oxygen atoms in total. The topological polar surface area (TPSA) is 65.5 Å². The number of nitrogens with zero attached hydrogens (tertiary/aromatic N) is 1. The van der Waals surface area contributed by atoms with Crippen molar-refractivity contribution in [3.05, 3.63) is 70.2 Å². The van der Waals surface area contributed by atoms with E-state index in [2.05, 4.69) is 9.98 Å². The summed E-state index contributed by atoms with van der Waals surface area (Å²) in [4.78, 5) is 19.4. The molecule has 6 heteroatoms. The van der Waals surface area contributed by atoms with Gasteiger partial charge in [-0.2, -0.15) is 0 Å². The van der Waals surface area contributed by atoms with Gasteiger partial charge in [-0.1, -0.05) is 53.5 Å². The predicted molar refractivity (Wildman–Crippen MR) is 94.7 cm³/mol. The van der Waals surface area contributed by atoms with E-state index in [1.54, 1.807) is 48.5 Å². The fourth-order valence-corrected chi connectivity index (χ4v) is 2.95. The molecule has 2 radical (unpaired) electrons. The molecule has 0 saturated carbocycles. The fourth-order valence-electron chi connectivity index (χ4n) is 2.83. The van der Waals surface area contributed by atoms with Gasteiger partial charge in [-0.25, -0.2) is 4.99 Å². The zero-order valence-corrected chi connectivity index (χ0v) is 13.1. The number of amides is 1. The van der Waals surface area contributed by atoms with Crippen LogP contribution in [-0.2, 0) is 0 Å². The Morgan fingerprint density at radius 2 is 1.58 bits per heavy atom. The van der Waals surface area contributed by atoms with Crippen molar-refractivity contribution >= 4 is 36.5 Å². The third-order valence-corrected chi connectivity index (χ3v) is 4.21. The van der Waals surface area contributed by atoms with Crippen molar-refractivity contribution in [2.75, 3.05) is 0 Å². The smallest absolute Gasteiger partial charge is 0.280 e. The first-order chi connectivity index (χ1) is 11.5. The van der Waals surface area contributed by atoms with E-state index in [4.69, 9.17) is 19.4 Å². The van der Waals surface area contributed by atoms with Crippen LogP contribution in [-0.4, -0.2) is 29.6 Å². The Bertz CT molecular complexity index is 989. The largest absolute Gasteiger partial charge is 0.494 e. The average molecular weight is 333 g/mol. The van der Waals surface area contributed by atoms with Crippen molar-refractivity contribution in [2.45, 2.75) is 0 Å². The van der Waals surface area contributed by atoms with Crippen molar-refractivity contribution in [3.63, 3.8) is 0 Å². The van der Waals surface area contributed by atoms with Crippen LogP contribution in [0.25, 0.3) is 11.3 Å². The number of aromatic amines is 1. The van der Waals surface area contributed by atoms with Crippen molar-refractivity contribution in [3.8, 4) is 17.1 Å². The molecule has 1 aliphatic rings. The van der Waals surface area contributed by atoms with Gasteiger partial charge in [0.1, 0.15) is 7.85 Å². The highest BCUT2D eigenvalue weighted by atomic mass is 35.5. The molecule has 3 aromatic rings. The SMILES string of the molecule is [B]c1ccc(C2=NC(=O)c3c(-c4ccc(Cl)cc4)[nH]c(O)c32)cc1. The number of rotatable bonds is 2. The third-order valence-electron chi connectivity index (χ3n) is 3.96. The minimum Gasteiger partial charge on any atom is -0.494 e. The summed E-state index contributed by atoms with van der Waals surface area (Å²) in [5, 5.41) is 10.9. The van der Waals surface area contributed by atoms with E-state index in [-0.39, 0.29) is 5.88 Å². The molecule has 0 aliphatic carbocycles. The van der Waals surface area contributed by atoms with E-state index in [1.165, 1.54) is 0 Å². The minimum absolute atomic E-state index is 0.0867. The first kappa shape index (κ1) is 14.8. The summed E-state index contributed by atoms with van der Waals surface area (Å²) in [6.45, 7) is 0. The standard InChI is InChI=1S/C18H10BClN2O2/c19-11-5-1-9(2-6-11)15-13-14(18(24)21-15)16(22-17(13)23)10-3-7-12(20)8-4-10/h1-8,22-23H. The van der Waals surface area contributed by atoms with Crippen LogP contribution in [0.2, 0.25) is 5.02 Å². The van der Waals surface area contributed by atoms with E-state index in [0.29, 0.717) is 38.6 Å². The van der Waals surface area contributed by atoms with Crippen LogP contribution >= 0.6 is 11.6 Å². The number of carbonyl (C=O) groups is 1. The van der Waals surface area contributed by atoms with Gasteiger partial charge in [-0.15, -0.1) is 0 Å². The lowest BCUT2D eigenvalue weighted by Gasteiger charge is -2.02. The normalized spacial score (nSPS) is 13.0. The molecule has 2 heterocycles. The summed E-state index contributed by atoms with van der Waals surface area (Å²) in [6, 6.07) is 14.0. The van der Waals surface area contributed by atoms with E-state index >= 15 is 0 Å². The number of aromatic hydroxyl groups is 1. The summed E-state index contributed by atoms with van der Waals surface area (Å²) in [5.41, 5.74) is 3.81. The molecule has 2 N–H and O–H groups in total. The lowest BCUT2D eigenvalue weighted by atomic mass is 9.93. The molecule has 0 unspecified atom stereocenters. The Kier molecular flexibility index (Phi) is 3.32. The first-order valence-electron chi connectivity index (χ1n) is 7.25. The van der Waals surface area contributed by atoms with E-state index in [9.17, 15) is 9.90 Å². The Morgan fingerprint density at radius 3 is 2.25 bits per heavy atom. The zero-order valence-electron chi connectivity index (χ0n) is 12.4. The molecule has 2 aromatic carbocycles. The Hall–Kier alpha value is -2.79. The second kappa shape index (κ2) is 5.39. The molecule has 0 fully saturated rings. The van der Waals surface area contributed by atoms with Gasteiger partial charge in [0.05, 0.1) is 22.5 Å². The Labute approximate surface area is 144 Å². The molecule has 0 spiro atoms. The Balaban J connectivity index is 1.87. The summed E-state index contributed by atoms with van der Waals surface area (Å²) < 4.78 is 0. The van der Waals surface area contributed by atoms with Gasteiger partial charge in [0, 0.05) is 10.6 Å². The highest BCUT2D eigenvalue weighted by molar-refractivity contribution is 6.33. The lowest BCUT2D eigenvalue weighted by Crippen LogP contribution is -2.05. The van der Waals surface area contributed by atoms with Gasteiger partial charge >= 0.3 is 0 Å². The highest BCUT2D eigenvalue weighted by Crippen LogP contribution is 2.38. The average Bonchev–Trinajstić information content (AvgIpc) is 3.08. The van der Waals surface area contributed by atoms with Crippen LogP contribution in [0.5, 0.6) is 5.88 Å². The molecule has 1 amide bonds. The van der Waals surface area contributed by atoms with Crippen molar-refractivity contribution < 1.29 is 9.90 Å². The fraction of sp³-hybridized carbons (Fsp3) is 0. The number of halogens is 1. The van der Waals surface area contributed by atoms with Gasteiger partial charge in [0.2, 0.25) is 0 Å².